The van der Waals surface area contributed by atoms with Crippen molar-refractivity contribution in [2.45, 2.75) is 31.3 Å². The molecule has 28 heavy (non-hydrogen) atoms. The monoisotopic (exact) mass is 374 g/mol. The third kappa shape index (κ3) is 3.71. The molecule has 0 atom stereocenters. The highest BCUT2D eigenvalue weighted by Crippen LogP contribution is 2.34. The van der Waals surface area contributed by atoms with Crippen LogP contribution in [-0.2, 0) is 30.6 Å². The minimum atomic E-state index is -0.564. The predicted molar refractivity (Wildman–Crippen MR) is 110 cm³/mol. The van der Waals surface area contributed by atoms with Crippen LogP contribution >= 0.6 is 0 Å². The minimum Gasteiger partial charge on any atom is -0.347 e. The van der Waals surface area contributed by atoms with Gasteiger partial charge in [-0.05, 0) is 30.2 Å². The topological polar surface area (TPSA) is 61.0 Å². The van der Waals surface area contributed by atoms with Crippen LogP contribution in [0, 0.1) is 0 Å². The fraction of sp³-hybridized carbons (Fsp3) is 0.304. The molecule has 1 aliphatic carbocycles. The first-order chi connectivity index (χ1) is 13.7. The molecule has 0 saturated carbocycles. The molecule has 5 nitrogen and oxygen atoms in total. The van der Waals surface area contributed by atoms with Gasteiger partial charge in [0.05, 0.1) is 6.54 Å². The van der Waals surface area contributed by atoms with E-state index in [1.165, 1.54) is 16.7 Å². The van der Waals surface area contributed by atoms with Crippen molar-refractivity contribution in [2.75, 3.05) is 13.6 Å². The smallest absolute Gasteiger partial charge is 0.241 e. The number of carbonyl (C=O) groups excluding carboxylic acids is 1. The second-order valence-electron chi connectivity index (χ2n) is 7.53. The number of amides is 1. The largest absolute Gasteiger partial charge is 0.347 e. The van der Waals surface area contributed by atoms with Crippen LogP contribution < -0.4 is 5.32 Å². The number of hydrogen-bond acceptors (Lipinski definition) is 3. The summed E-state index contributed by atoms with van der Waals surface area (Å²) in [4.78, 5) is 22.9. The summed E-state index contributed by atoms with van der Waals surface area (Å²) in [5.74, 6) is 0.835. The van der Waals surface area contributed by atoms with Crippen molar-refractivity contribution in [1.29, 1.82) is 0 Å². The first-order valence-corrected chi connectivity index (χ1v) is 9.76. The Kier molecular flexibility index (Phi) is 5.26. The van der Waals surface area contributed by atoms with Gasteiger partial charge in [-0.1, -0.05) is 54.6 Å². The number of imidazole rings is 1. The van der Waals surface area contributed by atoms with Crippen LogP contribution in [0.25, 0.3) is 0 Å². The average Bonchev–Trinajstić information content (AvgIpc) is 3.39. The van der Waals surface area contributed by atoms with Crippen molar-refractivity contribution in [3.05, 3.63) is 89.5 Å². The Balaban J connectivity index is 1.52. The lowest BCUT2D eigenvalue weighted by Crippen LogP contribution is -2.58. The van der Waals surface area contributed by atoms with Crippen LogP contribution in [0.2, 0.25) is 0 Å². The molecular formula is C23H26N4O. The number of fused-ring (bicyclic) bond motifs is 1. The van der Waals surface area contributed by atoms with Crippen LogP contribution in [-0.4, -0.2) is 39.9 Å². The zero-order valence-electron chi connectivity index (χ0n) is 16.2. The highest BCUT2D eigenvalue weighted by molar-refractivity contribution is 5.88. The van der Waals surface area contributed by atoms with Crippen LogP contribution in [0.4, 0.5) is 0 Å². The van der Waals surface area contributed by atoms with Crippen molar-refractivity contribution >= 4 is 5.91 Å². The van der Waals surface area contributed by atoms with Gasteiger partial charge >= 0.3 is 0 Å². The molecule has 4 rings (SSSR count). The molecule has 0 aliphatic heterocycles. The standard InChI is InChI=1S/C23H26N4O/c1-27(14-11-18-7-3-2-4-8-18)23(15-19-9-5-6-10-20(19)16-23)22(28)26-17-21-24-12-13-25-21/h2-10,12-13H,11,14-17H2,1H3,(H,24,25)(H,26,28). The quantitative estimate of drug-likeness (QED) is 0.668. The Morgan fingerprint density at radius 1 is 1.11 bits per heavy atom. The number of carbonyl (C=O) groups is 1. The summed E-state index contributed by atoms with van der Waals surface area (Å²) in [6.07, 6.45) is 5.86. The normalized spacial score (nSPS) is 14.8. The second kappa shape index (κ2) is 7.98. The van der Waals surface area contributed by atoms with E-state index in [-0.39, 0.29) is 5.91 Å². The number of benzene rings is 2. The fourth-order valence-corrected chi connectivity index (χ4v) is 4.08. The van der Waals surface area contributed by atoms with Crippen molar-refractivity contribution in [1.82, 2.24) is 20.2 Å². The average molecular weight is 374 g/mol. The highest BCUT2D eigenvalue weighted by Gasteiger charge is 2.46. The van der Waals surface area contributed by atoms with Crippen LogP contribution in [0.15, 0.2) is 67.0 Å². The molecule has 0 fully saturated rings. The molecule has 0 radical (unpaired) electrons. The summed E-state index contributed by atoms with van der Waals surface area (Å²) in [5, 5.41) is 3.11. The lowest BCUT2D eigenvalue weighted by atomic mass is 9.91. The first-order valence-electron chi connectivity index (χ1n) is 9.76. The maximum Gasteiger partial charge on any atom is 0.241 e. The molecule has 0 unspecified atom stereocenters. The molecule has 1 amide bonds. The molecule has 0 saturated heterocycles. The summed E-state index contributed by atoms with van der Waals surface area (Å²) in [7, 11) is 2.07. The van der Waals surface area contributed by atoms with E-state index in [0.29, 0.717) is 6.54 Å². The fourth-order valence-electron chi connectivity index (χ4n) is 4.08. The van der Waals surface area contributed by atoms with Gasteiger partial charge in [0.2, 0.25) is 5.91 Å². The number of nitrogens with one attached hydrogen (secondary N) is 2. The maximum absolute atomic E-state index is 13.4. The predicted octanol–water partition coefficient (Wildman–Crippen LogP) is 2.74. The SMILES string of the molecule is CN(CCc1ccccc1)C1(C(=O)NCc2ncc[nH]2)Cc2ccccc2C1. The number of nitrogens with zero attached hydrogens (tertiary/aromatic N) is 2. The van der Waals surface area contributed by atoms with Gasteiger partial charge in [0.1, 0.15) is 11.4 Å². The third-order valence-corrected chi connectivity index (χ3v) is 5.79. The summed E-state index contributed by atoms with van der Waals surface area (Å²) in [6, 6.07) is 18.8. The Morgan fingerprint density at radius 2 is 1.79 bits per heavy atom. The van der Waals surface area contributed by atoms with Gasteiger partial charge in [-0.3, -0.25) is 9.69 Å². The number of rotatable bonds is 7. The van der Waals surface area contributed by atoms with E-state index in [4.69, 9.17) is 0 Å². The van der Waals surface area contributed by atoms with Gasteiger partial charge in [-0.2, -0.15) is 0 Å². The lowest BCUT2D eigenvalue weighted by molar-refractivity contribution is -0.132. The van der Waals surface area contributed by atoms with Gasteiger partial charge in [-0.15, -0.1) is 0 Å². The van der Waals surface area contributed by atoms with Gasteiger partial charge in [-0.25, -0.2) is 4.98 Å². The van der Waals surface area contributed by atoms with E-state index in [9.17, 15) is 4.79 Å². The molecule has 0 spiro atoms. The molecule has 1 heterocycles. The van der Waals surface area contributed by atoms with Crippen LogP contribution in [0.1, 0.15) is 22.5 Å². The summed E-state index contributed by atoms with van der Waals surface area (Å²) in [6.45, 7) is 1.24. The Hall–Kier alpha value is -2.92. The minimum absolute atomic E-state index is 0.0654. The lowest BCUT2D eigenvalue weighted by Gasteiger charge is -2.37. The van der Waals surface area contributed by atoms with Crippen molar-refractivity contribution in [2.24, 2.45) is 0 Å². The van der Waals surface area contributed by atoms with Crippen LogP contribution in [0.3, 0.4) is 0 Å². The number of aromatic nitrogens is 2. The van der Waals surface area contributed by atoms with E-state index in [1.54, 1.807) is 12.4 Å². The Morgan fingerprint density at radius 3 is 2.43 bits per heavy atom. The third-order valence-electron chi connectivity index (χ3n) is 5.79. The van der Waals surface area contributed by atoms with Crippen LogP contribution in [0.5, 0.6) is 0 Å². The summed E-state index contributed by atoms with van der Waals surface area (Å²) < 4.78 is 0. The van der Waals surface area contributed by atoms with E-state index < -0.39 is 5.54 Å². The van der Waals surface area contributed by atoms with Gasteiger partial charge in [0.15, 0.2) is 0 Å². The van der Waals surface area contributed by atoms with Crippen molar-refractivity contribution in [3.8, 4) is 0 Å². The summed E-state index contributed by atoms with van der Waals surface area (Å²) in [5.41, 5.74) is 3.26. The number of hydrogen-bond donors (Lipinski definition) is 2. The zero-order valence-corrected chi connectivity index (χ0v) is 16.2. The molecule has 2 N–H and O–H groups in total. The molecule has 5 heteroatoms. The maximum atomic E-state index is 13.4. The number of H-pyrrole nitrogens is 1. The van der Waals surface area contributed by atoms with Gasteiger partial charge < -0.3 is 10.3 Å². The zero-order chi connectivity index (χ0) is 19.4. The van der Waals surface area contributed by atoms with E-state index in [0.717, 1.165) is 31.6 Å². The molecule has 1 aliphatic rings. The molecule has 2 aromatic carbocycles. The number of likely N-dealkylation sites (N-methyl/N-ethyl adjacent to an activating group) is 1. The van der Waals surface area contributed by atoms with Gasteiger partial charge in [0, 0.05) is 31.8 Å². The molecule has 0 bridgehead atoms. The summed E-state index contributed by atoms with van der Waals surface area (Å²) >= 11 is 0. The Labute approximate surface area is 165 Å². The number of aromatic amines is 1. The molecule has 1 aromatic heterocycles. The van der Waals surface area contributed by atoms with Crippen molar-refractivity contribution < 1.29 is 4.79 Å². The van der Waals surface area contributed by atoms with Gasteiger partial charge in [0.25, 0.3) is 0 Å². The van der Waals surface area contributed by atoms with E-state index in [2.05, 4.69) is 75.8 Å². The molecule has 144 valence electrons. The van der Waals surface area contributed by atoms with E-state index >= 15 is 0 Å². The first kappa shape index (κ1) is 18.4. The Bertz CT molecular complexity index is 896. The van der Waals surface area contributed by atoms with Crippen molar-refractivity contribution in [3.63, 3.8) is 0 Å². The molecule has 3 aromatic rings. The highest BCUT2D eigenvalue weighted by atomic mass is 16.2. The second-order valence-corrected chi connectivity index (χ2v) is 7.53. The van der Waals surface area contributed by atoms with E-state index in [1.807, 2.05) is 6.07 Å². The molecular weight excluding hydrogens is 348 g/mol.